The SMILES string of the molecule is O=C(Cc1ccsc1)NCCCc1ccccn1. The van der Waals surface area contributed by atoms with E-state index in [2.05, 4.69) is 10.3 Å². The van der Waals surface area contributed by atoms with Crippen LogP contribution in [0.3, 0.4) is 0 Å². The first-order valence-corrected chi connectivity index (χ1v) is 6.96. The van der Waals surface area contributed by atoms with Crippen molar-refractivity contribution < 1.29 is 4.79 Å². The lowest BCUT2D eigenvalue weighted by Crippen LogP contribution is -2.26. The lowest BCUT2D eigenvalue weighted by atomic mass is 10.2. The van der Waals surface area contributed by atoms with E-state index in [0.29, 0.717) is 13.0 Å². The van der Waals surface area contributed by atoms with E-state index in [-0.39, 0.29) is 5.91 Å². The summed E-state index contributed by atoms with van der Waals surface area (Å²) in [7, 11) is 0. The lowest BCUT2D eigenvalue weighted by molar-refractivity contribution is -0.120. The monoisotopic (exact) mass is 260 g/mol. The van der Waals surface area contributed by atoms with Gasteiger partial charge in [0.25, 0.3) is 0 Å². The number of nitrogens with zero attached hydrogens (tertiary/aromatic N) is 1. The second kappa shape index (κ2) is 6.91. The molecular weight excluding hydrogens is 244 g/mol. The van der Waals surface area contributed by atoms with Gasteiger partial charge in [0.05, 0.1) is 6.42 Å². The van der Waals surface area contributed by atoms with Crippen molar-refractivity contribution in [3.63, 3.8) is 0 Å². The van der Waals surface area contributed by atoms with E-state index in [9.17, 15) is 4.79 Å². The van der Waals surface area contributed by atoms with Crippen molar-refractivity contribution in [2.75, 3.05) is 6.54 Å². The minimum atomic E-state index is 0.0921. The van der Waals surface area contributed by atoms with Gasteiger partial charge in [-0.25, -0.2) is 0 Å². The quantitative estimate of drug-likeness (QED) is 0.811. The van der Waals surface area contributed by atoms with Crippen LogP contribution in [0.2, 0.25) is 0 Å². The molecule has 0 saturated heterocycles. The fourth-order valence-electron chi connectivity index (χ4n) is 1.68. The van der Waals surface area contributed by atoms with Crippen LogP contribution < -0.4 is 5.32 Å². The van der Waals surface area contributed by atoms with E-state index in [4.69, 9.17) is 0 Å². The Morgan fingerprint density at radius 2 is 2.28 bits per heavy atom. The van der Waals surface area contributed by atoms with Crippen LogP contribution in [0.25, 0.3) is 0 Å². The van der Waals surface area contributed by atoms with Crippen LogP contribution in [-0.2, 0) is 17.6 Å². The predicted octanol–water partition coefficient (Wildman–Crippen LogP) is 2.43. The van der Waals surface area contributed by atoms with Crippen LogP contribution in [0.5, 0.6) is 0 Å². The van der Waals surface area contributed by atoms with Crippen LogP contribution >= 0.6 is 11.3 Å². The highest BCUT2D eigenvalue weighted by molar-refractivity contribution is 7.07. The number of rotatable bonds is 6. The molecule has 18 heavy (non-hydrogen) atoms. The molecule has 0 aliphatic rings. The van der Waals surface area contributed by atoms with Crippen LogP contribution in [0.15, 0.2) is 41.2 Å². The second-order valence-corrected chi connectivity index (χ2v) is 4.86. The van der Waals surface area contributed by atoms with Crippen molar-refractivity contribution in [3.8, 4) is 0 Å². The Hall–Kier alpha value is -1.68. The molecule has 3 nitrogen and oxygen atoms in total. The molecule has 2 aromatic heterocycles. The van der Waals surface area contributed by atoms with E-state index < -0.39 is 0 Å². The summed E-state index contributed by atoms with van der Waals surface area (Å²) >= 11 is 1.62. The summed E-state index contributed by atoms with van der Waals surface area (Å²) < 4.78 is 0. The minimum absolute atomic E-state index is 0.0921. The topological polar surface area (TPSA) is 42.0 Å². The molecule has 2 rings (SSSR count). The number of hydrogen-bond acceptors (Lipinski definition) is 3. The number of carbonyl (C=O) groups excluding carboxylic acids is 1. The molecular formula is C14H16N2OS. The molecule has 1 amide bonds. The van der Waals surface area contributed by atoms with Crippen molar-refractivity contribution in [1.82, 2.24) is 10.3 Å². The average molecular weight is 260 g/mol. The number of nitrogens with one attached hydrogen (secondary N) is 1. The Morgan fingerprint density at radius 1 is 1.33 bits per heavy atom. The third-order valence-electron chi connectivity index (χ3n) is 2.60. The summed E-state index contributed by atoms with van der Waals surface area (Å²) in [5, 5.41) is 6.93. The molecule has 0 radical (unpaired) electrons. The van der Waals surface area contributed by atoms with E-state index >= 15 is 0 Å². The lowest BCUT2D eigenvalue weighted by Gasteiger charge is -2.04. The molecule has 0 unspecified atom stereocenters. The van der Waals surface area contributed by atoms with Gasteiger partial charge in [0, 0.05) is 18.4 Å². The van der Waals surface area contributed by atoms with E-state index in [0.717, 1.165) is 24.1 Å². The Balaban J connectivity index is 1.62. The number of carbonyl (C=O) groups is 1. The van der Waals surface area contributed by atoms with Crippen LogP contribution in [0.1, 0.15) is 17.7 Å². The molecule has 0 atom stereocenters. The number of thiophene rings is 1. The van der Waals surface area contributed by atoms with Crippen LogP contribution in [0, 0.1) is 0 Å². The van der Waals surface area contributed by atoms with Gasteiger partial charge in [-0.15, -0.1) is 0 Å². The maximum Gasteiger partial charge on any atom is 0.224 e. The van der Waals surface area contributed by atoms with Crippen molar-refractivity contribution in [3.05, 3.63) is 52.5 Å². The maximum absolute atomic E-state index is 11.6. The third-order valence-corrected chi connectivity index (χ3v) is 3.33. The average Bonchev–Trinajstić information content (AvgIpc) is 2.89. The normalized spacial score (nSPS) is 10.2. The number of pyridine rings is 1. The van der Waals surface area contributed by atoms with E-state index in [1.54, 1.807) is 17.5 Å². The molecule has 0 aromatic carbocycles. The zero-order chi connectivity index (χ0) is 12.6. The van der Waals surface area contributed by atoms with Crippen molar-refractivity contribution in [2.24, 2.45) is 0 Å². The molecule has 2 aromatic rings. The van der Waals surface area contributed by atoms with Gasteiger partial charge in [0.2, 0.25) is 5.91 Å². The molecule has 94 valence electrons. The standard InChI is InChI=1S/C14H16N2OS/c17-14(10-12-6-9-18-11-12)16-8-3-5-13-4-1-2-7-15-13/h1-2,4,6-7,9,11H,3,5,8,10H2,(H,16,17). The van der Waals surface area contributed by atoms with E-state index in [1.165, 1.54) is 0 Å². The Kier molecular flexibility index (Phi) is 4.90. The Labute approximate surface area is 111 Å². The molecule has 0 bridgehead atoms. The van der Waals surface area contributed by atoms with Gasteiger partial charge in [-0.1, -0.05) is 6.07 Å². The fourth-order valence-corrected chi connectivity index (χ4v) is 2.35. The molecule has 0 fully saturated rings. The molecule has 0 aliphatic heterocycles. The molecule has 0 saturated carbocycles. The van der Waals surface area contributed by atoms with Crippen LogP contribution in [0.4, 0.5) is 0 Å². The highest BCUT2D eigenvalue weighted by atomic mass is 32.1. The van der Waals surface area contributed by atoms with Gasteiger partial charge in [0.15, 0.2) is 0 Å². The first kappa shape index (κ1) is 12.8. The first-order chi connectivity index (χ1) is 8.84. The smallest absolute Gasteiger partial charge is 0.224 e. The van der Waals surface area contributed by atoms with Crippen LogP contribution in [-0.4, -0.2) is 17.4 Å². The van der Waals surface area contributed by atoms with Gasteiger partial charge < -0.3 is 5.32 Å². The number of aromatic nitrogens is 1. The van der Waals surface area contributed by atoms with Gasteiger partial charge in [-0.05, 0) is 47.4 Å². The molecule has 0 aliphatic carbocycles. The molecule has 1 N–H and O–H groups in total. The highest BCUT2D eigenvalue weighted by Crippen LogP contribution is 2.06. The predicted molar refractivity (Wildman–Crippen MR) is 73.6 cm³/mol. The first-order valence-electron chi connectivity index (χ1n) is 6.02. The maximum atomic E-state index is 11.6. The third kappa shape index (κ3) is 4.30. The molecule has 2 heterocycles. The molecule has 4 heteroatoms. The number of aryl methyl sites for hydroxylation is 1. The van der Waals surface area contributed by atoms with Crippen molar-refractivity contribution in [2.45, 2.75) is 19.3 Å². The highest BCUT2D eigenvalue weighted by Gasteiger charge is 2.02. The van der Waals surface area contributed by atoms with Crippen molar-refractivity contribution >= 4 is 17.2 Å². The van der Waals surface area contributed by atoms with Gasteiger partial charge in [0.1, 0.15) is 0 Å². The number of amides is 1. The minimum Gasteiger partial charge on any atom is -0.356 e. The van der Waals surface area contributed by atoms with Gasteiger partial charge >= 0.3 is 0 Å². The summed E-state index contributed by atoms with van der Waals surface area (Å²) in [5.74, 6) is 0.0921. The summed E-state index contributed by atoms with van der Waals surface area (Å²) in [6.07, 6.45) is 4.10. The zero-order valence-electron chi connectivity index (χ0n) is 10.1. The summed E-state index contributed by atoms with van der Waals surface area (Å²) in [6.45, 7) is 0.708. The van der Waals surface area contributed by atoms with Crippen molar-refractivity contribution in [1.29, 1.82) is 0 Å². The molecule has 0 spiro atoms. The number of hydrogen-bond donors (Lipinski definition) is 1. The summed E-state index contributed by atoms with van der Waals surface area (Å²) in [5.41, 5.74) is 2.16. The van der Waals surface area contributed by atoms with E-state index in [1.807, 2.05) is 35.0 Å². The van der Waals surface area contributed by atoms with Gasteiger partial charge in [-0.3, -0.25) is 9.78 Å². The Morgan fingerprint density at radius 3 is 3.00 bits per heavy atom. The second-order valence-electron chi connectivity index (χ2n) is 4.08. The fraction of sp³-hybridized carbons (Fsp3) is 0.286. The largest absolute Gasteiger partial charge is 0.356 e. The summed E-state index contributed by atoms with van der Waals surface area (Å²) in [6, 6.07) is 7.88. The van der Waals surface area contributed by atoms with Gasteiger partial charge in [-0.2, -0.15) is 11.3 Å². The summed E-state index contributed by atoms with van der Waals surface area (Å²) in [4.78, 5) is 15.8. The Bertz CT molecular complexity index is 468. The zero-order valence-corrected chi connectivity index (χ0v) is 11.0.